The average Bonchev–Trinajstić information content (AvgIpc) is 2.58. The number of aliphatic imine (C=N–C) groups is 1. The van der Waals surface area contributed by atoms with E-state index in [0.29, 0.717) is 18.3 Å². The third-order valence-corrected chi connectivity index (χ3v) is 3.55. The number of rotatable bonds is 12. The van der Waals surface area contributed by atoms with Crippen molar-refractivity contribution < 1.29 is 9.53 Å². The monoisotopic (exact) mass is 334 g/mol. The molecule has 1 rings (SSSR count). The molecule has 0 saturated heterocycles. The molecule has 134 valence electrons. The zero-order chi connectivity index (χ0) is 17.6. The summed E-state index contributed by atoms with van der Waals surface area (Å²) in [5.74, 6) is 0.550. The number of hydrogen-bond donors (Lipinski definition) is 3. The molecule has 0 aliphatic heterocycles. The Morgan fingerprint density at radius 1 is 1.17 bits per heavy atom. The highest BCUT2D eigenvalue weighted by Crippen LogP contribution is 2.13. The summed E-state index contributed by atoms with van der Waals surface area (Å²) in [6.45, 7) is 3.40. The Balaban J connectivity index is 2.26. The van der Waals surface area contributed by atoms with Crippen molar-refractivity contribution in [3.63, 3.8) is 0 Å². The van der Waals surface area contributed by atoms with Crippen molar-refractivity contribution in [3.8, 4) is 5.75 Å². The van der Waals surface area contributed by atoms with Crippen LogP contribution in [0.5, 0.6) is 5.75 Å². The van der Waals surface area contributed by atoms with Crippen LogP contribution in [-0.4, -0.2) is 25.0 Å². The van der Waals surface area contributed by atoms with Crippen molar-refractivity contribution >= 4 is 11.9 Å². The van der Waals surface area contributed by atoms with E-state index in [2.05, 4.69) is 17.2 Å². The van der Waals surface area contributed by atoms with Crippen LogP contribution in [0.25, 0.3) is 0 Å². The Kier molecular flexibility index (Phi) is 10.1. The molecule has 0 radical (unpaired) electrons. The van der Waals surface area contributed by atoms with E-state index in [1.165, 1.54) is 32.1 Å². The van der Waals surface area contributed by atoms with Crippen LogP contribution >= 0.6 is 0 Å². The molecule has 0 spiro atoms. The number of hydrogen-bond acceptors (Lipinski definition) is 3. The fourth-order valence-electron chi connectivity index (χ4n) is 2.24. The number of nitrogens with zero attached hydrogens (tertiary/aromatic N) is 1. The van der Waals surface area contributed by atoms with E-state index in [4.69, 9.17) is 16.2 Å². The maximum absolute atomic E-state index is 10.7. The van der Waals surface area contributed by atoms with Gasteiger partial charge in [0, 0.05) is 6.54 Å². The van der Waals surface area contributed by atoms with E-state index in [-0.39, 0.29) is 6.61 Å². The van der Waals surface area contributed by atoms with Gasteiger partial charge in [-0.1, -0.05) is 51.2 Å². The van der Waals surface area contributed by atoms with Gasteiger partial charge in [-0.3, -0.25) is 4.79 Å². The first-order valence-electron chi connectivity index (χ1n) is 8.65. The minimum Gasteiger partial charge on any atom is -0.484 e. The van der Waals surface area contributed by atoms with Crippen LogP contribution in [0.1, 0.15) is 51.0 Å². The molecule has 5 N–H and O–H groups in total. The number of ether oxygens (including phenoxy) is 1. The number of carbonyl (C=O) groups excluding carboxylic acids is 1. The smallest absolute Gasteiger partial charge is 0.255 e. The van der Waals surface area contributed by atoms with Gasteiger partial charge in [0.25, 0.3) is 5.91 Å². The zero-order valence-electron chi connectivity index (χ0n) is 14.6. The molecule has 0 unspecified atom stereocenters. The van der Waals surface area contributed by atoms with E-state index >= 15 is 0 Å². The lowest BCUT2D eigenvalue weighted by atomic mass is 10.1. The summed E-state index contributed by atoms with van der Waals surface area (Å²) in [6.07, 6.45) is 7.51. The number of carbonyl (C=O) groups is 1. The minimum atomic E-state index is -0.499. The van der Waals surface area contributed by atoms with Crippen molar-refractivity contribution in [2.45, 2.75) is 52.0 Å². The van der Waals surface area contributed by atoms with Crippen molar-refractivity contribution in [2.24, 2.45) is 16.5 Å². The summed E-state index contributed by atoms with van der Waals surface area (Å²) in [5.41, 5.74) is 11.9. The second kappa shape index (κ2) is 12.2. The number of benzene rings is 1. The molecule has 0 aliphatic carbocycles. The van der Waals surface area contributed by atoms with Gasteiger partial charge in [0.1, 0.15) is 5.75 Å². The van der Waals surface area contributed by atoms with Crippen LogP contribution in [0.4, 0.5) is 0 Å². The van der Waals surface area contributed by atoms with Gasteiger partial charge in [-0.2, -0.15) is 0 Å². The summed E-state index contributed by atoms with van der Waals surface area (Å²) < 4.78 is 5.26. The summed E-state index contributed by atoms with van der Waals surface area (Å²) in [5, 5.41) is 3.13. The molecule has 0 saturated carbocycles. The minimum absolute atomic E-state index is 0.130. The summed E-state index contributed by atoms with van der Waals surface area (Å²) in [4.78, 5) is 15.0. The molecular formula is C18H30N4O2. The fourth-order valence-corrected chi connectivity index (χ4v) is 2.24. The first kappa shape index (κ1) is 19.8. The Morgan fingerprint density at radius 2 is 1.92 bits per heavy atom. The lowest BCUT2D eigenvalue weighted by Crippen LogP contribution is -2.32. The van der Waals surface area contributed by atoms with Gasteiger partial charge in [0.15, 0.2) is 12.6 Å². The van der Waals surface area contributed by atoms with E-state index in [1.807, 2.05) is 18.2 Å². The maximum Gasteiger partial charge on any atom is 0.255 e. The Labute approximate surface area is 144 Å². The van der Waals surface area contributed by atoms with Crippen LogP contribution in [0, 0.1) is 0 Å². The third kappa shape index (κ3) is 9.71. The maximum atomic E-state index is 10.7. The molecule has 0 heterocycles. The predicted octanol–water partition coefficient (Wildman–Crippen LogP) is 2.32. The largest absolute Gasteiger partial charge is 0.484 e. The number of nitrogens with one attached hydrogen (secondary N) is 1. The van der Waals surface area contributed by atoms with E-state index < -0.39 is 5.91 Å². The first-order chi connectivity index (χ1) is 11.6. The molecule has 1 amide bonds. The number of unbranched alkanes of at least 4 members (excludes halogenated alkanes) is 5. The second-order valence-electron chi connectivity index (χ2n) is 5.80. The lowest BCUT2D eigenvalue weighted by molar-refractivity contribution is -0.119. The molecule has 0 aliphatic rings. The summed E-state index contributed by atoms with van der Waals surface area (Å²) in [6, 6.07) is 7.38. The van der Waals surface area contributed by atoms with Crippen LogP contribution < -0.4 is 21.5 Å². The molecule has 1 aromatic rings. The van der Waals surface area contributed by atoms with Gasteiger partial charge >= 0.3 is 0 Å². The van der Waals surface area contributed by atoms with E-state index in [1.54, 1.807) is 6.07 Å². The molecular weight excluding hydrogens is 304 g/mol. The Hall–Kier alpha value is -2.24. The van der Waals surface area contributed by atoms with Gasteiger partial charge in [-0.15, -0.1) is 0 Å². The quantitative estimate of drug-likeness (QED) is 0.310. The second-order valence-corrected chi connectivity index (χ2v) is 5.80. The number of amides is 1. The topological polar surface area (TPSA) is 103 Å². The Bertz CT molecular complexity index is 517. The standard InChI is InChI=1S/C18H30N4O2/c1-2-3-4-5-6-7-11-21-18(20)22-13-15-9-8-10-16(12-15)24-14-17(19)23/h8-10,12H,2-7,11,13-14H2,1H3,(H2,19,23)(H3,20,21,22). The SMILES string of the molecule is CCCCCCCCNC(N)=NCc1cccc(OCC(N)=O)c1. The molecule has 0 bridgehead atoms. The van der Waals surface area contributed by atoms with Crippen LogP contribution in [0.15, 0.2) is 29.3 Å². The summed E-state index contributed by atoms with van der Waals surface area (Å²) in [7, 11) is 0. The van der Waals surface area contributed by atoms with Gasteiger partial charge < -0.3 is 21.5 Å². The molecule has 0 fully saturated rings. The van der Waals surface area contributed by atoms with Crippen LogP contribution in [0.3, 0.4) is 0 Å². The zero-order valence-corrected chi connectivity index (χ0v) is 14.6. The summed E-state index contributed by atoms with van der Waals surface area (Å²) >= 11 is 0. The fraction of sp³-hybridized carbons (Fsp3) is 0.556. The van der Waals surface area contributed by atoms with Crippen LogP contribution in [-0.2, 0) is 11.3 Å². The van der Waals surface area contributed by atoms with Crippen molar-refractivity contribution in [1.29, 1.82) is 0 Å². The number of nitrogens with two attached hydrogens (primary N) is 2. The highest BCUT2D eigenvalue weighted by molar-refractivity contribution is 5.77. The van der Waals surface area contributed by atoms with Gasteiger partial charge in [-0.25, -0.2) is 4.99 Å². The van der Waals surface area contributed by atoms with Gasteiger partial charge in [-0.05, 0) is 24.1 Å². The molecule has 6 nitrogen and oxygen atoms in total. The highest BCUT2D eigenvalue weighted by Gasteiger charge is 2.00. The lowest BCUT2D eigenvalue weighted by Gasteiger charge is -2.07. The Morgan fingerprint density at radius 3 is 2.67 bits per heavy atom. The molecule has 0 aromatic heterocycles. The van der Waals surface area contributed by atoms with Crippen LogP contribution in [0.2, 0.25) is 0 Å². The number of guanidine groups is 1. The highest BCUT2D eigenvalue weighted by atomic mass is 16.5. The van der Waals surface area contributed by atoms with Crippen molar-refractivity contribution in [2.75, 3.05) is 13.2 Å². The van der Waals surface area contributed by atoms with Crippen molar-refractivity contribution in [3.05, 3.63) is 29.8 Å². The number of primary amides is 1. The van der Waals surface area contributed by atoms with Gasteiger partial charge in [0.05, 0.1) is 6.54 Å². The van der Waals surface area contributed by atoms with Crippen molar-refractivity contribution in [1.82, 2.24) is 5.32 Å². The predicted molar refractivity (Wildman–Crippen MR) is 97.8 cm³/mol. The molecule has 24 heavy (non-hydrogen) atoms. The van der Waals surface area contributed by atoms with E-state index in [0.717, 1.165) is 18.5 Å². The third-order valence-electron chi connectivity index (χ3n) is 3.55. The molecule has 1 aromatic carbocycles. The molecule has 6 heteroatoms. The normalized spacial score (nSPS) is 11.3. The molecule has 0 atom stereocenters. The first-order valence-corrected chi connectivity index (χ1v) is 8.65. The van der Waals surface area contributed by atoms with E-state index in [9.17, 15) is 4.79 Å². The average molecular weight is 334 g/mol. The van der Waals surface area contributed by atoms with Gasteiger partial charge in [0.2, 0.25) is 0 Å².